The zero-order chi connectivity index (χ0) is 27.3. The van der Waals surface area contributed by atoms with Gasteiger partial charge in [-0.2, -0.15) is 0 Å². The second kappa shape index (κ2) is 11.5. The van der Waals surface area contributed by atoms with Crippen LogP contribution in [0.25, 0.3) is 0 Å². The van der Waals surface area contributed by atoms with Gasteiger partial charge in [0.15, 0.2) is 0 Å². The third-order valence-electron chi connectivity index (χ3n) is 6.80. The number of benzene rings is 2. The van der Waals surface area contributed by atoms with E-state index in [2.05, 4.69) is 10.6 Å². The van der Waals surface area contributed by atoms with E-state index in [9.17, 15) is 14.4 Å². The molecule has 2 amide bonds. The van der Waals surface area contributed by atoms with E-state index in [4.69, 9.17) is 14.2 Å². The first kappa shape index (κ1) is 27.6. The molecule has 204 valence electrons. The number of carbonyl (C=O) groups is 3. The second-order valence-corrected chi connectivity index (χ2v) is 10.9. The molecule has 0 saturated carbocycles. The smallest absolute Gasteiger partial charge is 0.411 e. The molecule has 2 aliphatic rings. The Labute approximate surface area is 223 Å². The average Bonchev–Trinajstić information content (AvgIpc) is 3.30. The molecule has 2 heterocycles. The van der Waals surface area contributed by atoms with Crippen molar-refractivity contribution >= 4 is 18.0 Å². The Hall–Kier alpha value is -3.43. The molecule has 0 radical (unpaired) electrons. The summed E-state index contributed by atoms with van der Waals surface area (Å²) in [5.41, 5.74) is 0.164. The quantitative estimate of drug-likeness (QED) is 0.384. The molecular formula is C29H37N3O6. The van der Waals surface area contributed by atoms with Crippen LogP contribution in [0.2, 0.25) is 0 Å². The Kier molecular flexibility index (Phi) is 8.38. The molecule has 0 bridgehead atoms. The van der Waals surface area contributed by atoms with Crippen molar-refractivity contribution in [2.75, 3.05) is 13.1 Å². The number of nitrogens with zero attached hydrogens (tertiary/aromatic N) is 1. The van der Waals surface area contributed by atoms with Gasteiger partial charge in [-0.15, -0.1) is 0 Å². The van der Waals surface area contributed by atoms with Crippen molar-refractivity contribution in [3.63, 3.8) is 0 Å². The van der Waals surface area contributed by atoms with E-state index >= 15 is 0 Å². The lowest BCUT2D eigenvalue weighted by atomic mass is 9.87. The molecule has 4 atom stereocenters. The highest BCUT2D eigenvalue weighted by Gasteiger charge is 2.59. The van der Waals surface area contributed by atoms with Gasteiger partial charge in [0, 0.05) is 12.6 Å². The van der Waals surface area contributed by atoms with Gasteiger partial charge >= 0.3 is 12.1 Å². The van der Waals surface area contributed by atoms with E-state index in [-0.39, 0.29) is 25.1 Å². The van der Waals surface area contributed by atoms with Crippen molar-refractivity contribution in [1.82, 2.24) is 15.5 Å². The van der Waals surface area contributed by atoms with Crippen molar-refractivity contribution in [2.45, 2.75) is 76.7 Å². The van der Waals surface area contributed by atoms with Gasteiger partial charge in [-0.3, -0.25) is 19.8 Å². The van der Waals surface area contributed by atoms with Crippen LogP contribution >= 0.6 is 0 Å². The number of nitrogens with one attached hydrogen (secondary N) is 2. The van der Waals surface area contributed by atoms with Crippen LogP contribution in [0.5, 0.6) is 0 Å². The highest BCUT2D eigenvalue weighted by atomic mass is 16.6. The maximum Gasteiger partial charge on any atom is 0.411 e. The van der Waals surface area contributed by atoms with Gasteiger partial charge in [-0.05, 0) is 45.2 Å². The summed E-state index contributed by atoms with van der Waals surface area (Å²) in [5, 5.41) is 6.10. The van der Waals surface area contributed by atoms with Crippen LogP contribution in [0.4, 0.5) is 4.79 Å². The number of β-lactam (4-membered cyclic amide) rings is 1. The molecule has 9 nitrogen and oxygen atoms in total. The number of ether oxygens (including phenoxy) is 3. The number of hydrogen-bond acceptors (Lipinski definition) is 7. The van der Waals surface area contributed by atoms with Gasteiger partial charge in [0.05, 0.1) is 19.3 Å². The third-order valence-corrected chi connectivity index (χ3v) is 6.80. The molecule has 2 saturated heterocycles. The van der Waals surface area contributed by atoms with Crippen LogP contribution in [0.1, 0.15) is 45.2 Å². The number of likely N-dealkylation sites (tertiary alicyclic amines) is 1. The fraction of sp³-hybridized carbons (Fsp3) is 0.483. The molecule has 0 aromatic heterocycles. The molecular weight excluding hydrogens is 486 g/mol. The maximum atomic E-state index is 13.3. The SMILES string of the molecule is C[C@@H](OCc1ccccc1)[C@H](NC1CN(C(=O)OC(C)(C)C)C2(CNC2=O)C1)C(=O)OCc1ccccc1. The lowest BCUT2D eigenvalue weighted by Gasteiger charge is -2.44. The maximum absolute atomic E-state index is 13.3. The summed E-state index contributed by atoms with van der Waals surface area (Å²) in [4.78, 5) is 40.5. The summed E-state index contributed by atoms with van der Waals surface area (Å²) in [6.45, 7) is 8.19. The minimum atomic E-state index is -0.993. The topological polar surface area (TPSA) is 106 Å². The number of hydrogen-bond donors (Lipinski definition) is 2. The Morgan fingerprint density at radius 1 is 1.05 bits per heavy atom. The van der Waals surface area contributed by atoms with Crippen molar-refractivity contribution < 1.29 is 28.6 Å². The monoisotopic (exact) mass is 523 g/mol. The second-order valence-electron chi connectivity index (χ2n) is 10.9. The van der Waals surface area contributed by atoms with Crippen LogP contribution in [0, 0.1) is 0 Å². The fourth-order valence-electron chi connectivity index (χ4n) is 4.77. The van der Waals surface area contributed by atoms with Gasteiger partial charge in [0.25, 0.3) is 0 Å². The zero-order valence-electron chi connectivity index (χ0n) is 22.4. The molecule has 9 heteroatoms. The summed E-state index contributed by atoms with van der Waals surface area (Å²) in [6.07, 6.45) is -0.736. The van der Waals surface area contributed by atoms with Crippen molar-refractivity contribution in [2.24, 2.45) is 0 Å². The molecule has 2 unspecified atom stereocenters. The fourth-order valence-corrected chi connectivity index (χ4v) is 4.77. The first-order chi connectivity index (χ1) is 18.1. The third kappa shape index (κ3) is 6.52. The number of carbonyl (C=O) groups excluding carboxylic acids is 3. The van der Waals surface area contributed by atoms with Gasteiger partial charge in [0.2, 0.25) is 5.91 Å². The Balaban J connectivity index is 1.48. The van der Waals surface area contributed by atoms with Crippen LogP contribution in [-0.4, -0.2) is 65.3 Å². The summed E-state index contributed by atoms with van der Waals surface area (Å²) in [5.74, 6) is -0.679. The minimum Gasteiger partial charge on any atom is -0.460 e. The summed E-state index contributed by atoms with van der Waals surface area (Å²) in [7, 11) is 0. The van der Waals surface area contributed by atoms with Crippen LogP contribution in [0.3, 0.4) is 0 Å². The van der Waals surface area contributed by atoms with Crippen molar-refractivity contribution in [3.05, 3.63) is 71.8 Å². The molecule has 38 heavy (non-hydrogen) atoms. The molecule has 2 aromatic carbocycles. The Bertz CT molecular complexity index is 1120. The largest absolute Gasteiger partial charge is 0.460 e. The predicted molar refractivity (Wildman–Crippen MR) is 141 cm³/mol. The molecule has 2 N–H and O–H groups in total. The lowest BCUT2D eigenvalue weighted by molar-refractivity contribution is -0.152. The van der Waals surface area contributed by atoms with Crippen LogP contribution in [0.15, 0.2) is 60.7 Å². The Morgan fingerprint density at radius 2 is 1.66 bits per heavy atom. The van der Waals surface area contributed by atoms with Crippen molar-refractivity contribution in [3.8, 4) is 0 Å². The lowest BCUT2D eigenvalue weighted by Crippen LogP contribution is -2.71. The molecule has 2 aromatic rings. The van der Waals surface area contributed by atoms with Crippen molar-refractivity contribution in [1.29, 1.82) is 0 Å². The van der Waals surface area contributed by atoms with Gasteiger partial charge in [-0.25, -0.2) is 4.79 Å². The highest BCUT2D eigenvalue weighted by Crippen LogP contribution is 2.35. The van der Waals surface area contributed by atoms with E-state index in [1.165, 1.54) is 4.90 Å². The van der Waals surface area contributed by atoms with Crippen LogP contribution < -0.4 is 10.6 Å². The molecule has 2 fully saturated rings. The number of amides is 2. The molecule has 0 aliphatic carbocycles. The van der Waals surface area contributed by atoms with E-state index in [0.717, 1.165) is 11.1 Å². The number of esters is 1. The van der Waals surface area contributed by atoms with Gasteiger partial charge in [0.1, 0.15) is 23.8 Å². The van der Waals surface area contributed by atoms with E-state index in [0.29, 0.717) is 19.6 Å². The van der Waals surface area contributed by atoms with Crippen LogP contribution in [-0.2, 0) is 37.0 Å². The van der Waals surface area contributed by atoms with Gasteiger partial charge in [-0.1, -0.05) is 60.7 Å². The standard InChI is InChI=1S/C29H37N3O6/c1-20(36-17-21-11-7-5-8-12-21)24(25(33)37-18-22-13-9-6-10-14-22)31-23-15-29(19-30-26(29)34)32(16-23)27(35)38-28(2,3)4/h5-14,20,23-24,31H,15-19H2,1-4H3,(H,30,34)/t20-,23?,24+,29?/m1/s1. The normalized spacial score (nSPS) is 22.4. The minimum absolute atomic E-state index is 0.129. The first-order valence-corrected chi connectivity index (χ1v) is 13.0. The summed E-state index contributed by atoms with van der Waals surface area (Å²) in [6, 6.07) is 18.0. The van der Waals surface area contributed by atoms with Gasteiger partial charge < -0.3 is 19.5 Å². The molecule has 1 spiro atoms. The number of rotatable bonds is 9. The highest BCUT2D eigenvalue weighted by molar-refractivity contribution is 5.96. The van der Waals surface area contributed by atoms with E-state index in [1.54, 1.807) is 20.8 Å². The first-order valence-electron chi connectivity index (χ1n) is 13.0. The predicted octanol–water partition coefficient (Wildman–Crippen LogP) is 3.17. The molecule has 2 aliphatic heterocycles. The average molecular weight is 524 g/mol. The van der Waals surface area contributed by atoms with E-state index < -0.39 is 35.3 Å². The Morgan fingerprint density at radius 3 is 2.18 bits per heavy atom. The zero-order valence-corrected chi connectivity index (χ0v) is 22.4. The summed E-state index contributed by atoms with van der Waals surface area (Å²) < 4.78 is 17.3. The summed E-state index contributed by atoms with van der Waals surface area (Å²) >= 11 is 0. The molecule has 4 rings (SSSR count). The van der Waals surface area contributed by atoms with E-state index in [1.807, 2.05) is 67.6 Å².